The van der Waals surface area contributed by atoms with Crippen molar-refractivity contribution < 1.29 is 4.79 Å². The lowest BCUT2D eigenvalue weighted by Gasteiger charge is -2.13. The smallest absolute Gasteiger partial charge is 0.263 e. The third-order valence-corrected chi connectivity index (χ3v) is 5.72. The van der Waals surface area contributed by atoms with Crippen molar-refractivity contribution in [2.75, 3.05) is 30.1 Å². The number of allylic oxidation sites excluding steroid dienone is 1. The van der Waals surface area contributed by atoms with Crippen molar-refractivity contribution in [1.82, 2.24) is 19.2 Å². The van der Waals surface area contributed by atoms with E-state index >= 15 is 0 Å². The number of carbonyl (C=O) groups is 1. The molecule has 0 atom stereocenters. The van der Waals surface area contributed by atoms with Crippen molar-refractivity contribution >= 4 is 45.7 Å². The fourth-order valence-corrected chi connectivity index (χ4v) is 4.03. The molecule has 4 rings (SSSR count). The molecule has 0 saturated carbocycles. The summed E-state index contributed by atoms with van der Waals surface area (Å²) in [5, 5.41) is 12.4. The minimum atomic E-state index is -0.150. The van der Waals surface area contributed by atoms with Gasteiger partial charge < -0.3 is 10.2 Å². The molecular formula is C22H22N6O2S. The van der Waals surface area contributed by atoms with E-state index in [-0.39, 0.29) is 17.2 Å². The number of amides is 1. The normalized spacial score (nSPS) is 11.0. The first-order valence-corrected chi connectivity index (χ1v) is 10.7. The lowest BCUT2D eigenvalue weighted by molar-refractivity contribution is -0.113. The summed E-state index contributed by atoms with van der Waals surface area (Å²) in [6, 6.07) is 14.9. The fraction of sp³-hybridized carbons (Fsp3) is 0.182. The van der Waals surface area contributed by atoms with E-state index < -0.39 is 0 Å². The van der Waals surface area contributed by atoms with Crippen molar-refractivity contribution in [1.29, 1.82) is 0 Å². The van der Waals surface area contributed by atoms with E-state index in [2.05, 4.69) is 22.1 Å². The Balaban J connectivity index is 1.59. The van der Waals surface area contributed by atoms with Crippen LogP contribution < -0.4 is 15.8 Å². The first-order chi connectivity index (χ1) is 15.0. The molecule has 0 aliphatic heterocycles. The first-order valence-electron chi connectivity index (χ1n) is 9.67. The van der Waals surface area contributed by atoms with Crippen LogP contribution in [0.25, 0.3) is 16.7 Å². The summed E-state index contributed by atoms with van der Waals surface area (Å²) in [4.78, 5) is 27.3. The minimum Gasteiger partial charge on any atom is -0.378 e. The van der Waals surface area contributed by atoms with Crippen LogP contribution in [0.15, 0.2) is 71.1 Å². The molecule has 0 fully saturated rings. The lowest BCUT2D eigenvalue weighted by atomic mass is 10.2. The molecule has 0 aliphatic carbocycles. The Bertz CT molecular complexity index is 1320. The van der Waals surface area contributed by atoms with E-state index in [4.69, 9.17) is 0 Å². The molecule has 2 aromatic heterocycles. The molecule has 0 unspecified atom stereocenters. The molecule has 0 spiro atoms. The van der Waals surface area contributed by atoms with Gasteiger partial charge in [-0.15, -0.1) is 16.8 Å². The van der Waals surface area contributed by atoms with Crippen LogP contribution in [0.1, 0.15) is 0 Å². The van der Waals surface area contributed by atoms with Gasteiger partial charge >= 0.3 is 0 Å². The van der Waals surface area contributed by atoms with E-state index in [1.54, 1.807) is 12.1 Å². The molecule has 1 amide bonds. The van der Waals surface area contributed by atoms with Crippen molar-refractivity contribution in [3.8, 4) is 0 Å². The summed E-state index contributed by atoms with van der Waals surface area (Å²) in [6.07, 6.45) is 1.65. The van der Waals surface area contributed by atoms with Gasteiger partial charge in [0.2, 0.25) is 11.7 Å². The number of aromatic nitrogens is 4. The number of rotatable bonds is 7. The molecule has 31 heavy (non-hydrogen) atoms. The zero-order chi connectivity index (χ0) is 22.0. The molecule has 0 bridgehead atoms. The van der Waals surface area contributed by atoms with Gasteiger partial charge in [-0.1, -0.05) is 30.0 Å². The Morgan fingerprint density at radius 2 is 1.90 bits per heavy atom. The molecule has 8 nitrogen and oxygen atoms in total. The number of hydrogen-bond acceptors (Lipinski definition) is 6. The summed E-state index contributed by atoms with van der Waals surface area (Å²) >= 11 is 1.27. The summed E-state index contributed by atoms with van der Waals surface area (Å²) in [5.41, 5.74) is 2.34. The maximum Gasteiger partial charge on any atom is 0.263 e. The largest absolute Gasteiger partial charge is 0.378 e. The molecule has 158 valence electrons. The van der Waals surface area contributed by atoms with Gasteiger partial charge in [0.15, 0.2) is 5.16 Å². The Morgan fingerprint density at radius 1 is 1.16 bits per heavy atom. The minimum absolute atomic E-state index is 0.147. The monoisotopic (exact) mass is 434 g/mol. The standard InChI is InChI=1S/C22H22N6O2S/c1-4-13-27-20(30)17-7-5-6-8-18(17)28-21(27)24-25-22(28)31-14-19(29)23-15-9-11-16(12-10-15)26(2)3/h4-12H,1,13-14H2,2-3H3,(H,23,29). The predicted molar refractivity (Wildman–Crippen MR) is 125 cm³/mol. The average Bonchev–Trinajstić information content (AvgIpc) is 3.19. The number of para-hydroxylation sites is 1. The van der Waals surface area contributed by atoms with E-state index in [0.717, 1.165) is 11.4 Å². The lowest BCUT2D eigenvalue weighted by Crippen LogP contribution is -2.22. The second-order valence-corrected chi connectivity index (χ2v) is 8.06. The molecule has 2 heterocycles. The highest BCUT2D eigenvalue weighted by Gasteiger charge is 2.17. The van der Waals surface area contributed by atoms with Gasteiger partial charge in [0.25, 0.3) is 5.56 Å². The van der Waals surface area contributed by atoms with Crippen LogP contribution in [0.3, 0.4) is 0 Å². The maximum absolute atomic E-state index is 12.8. The molecular weight excluding hydrogens is 412 g/mol. The number of nitrogens with one attached hydrogen (secondary N) is 1. The van der Waals surface area contributed by atoms with Crippen LogP contribution in [0.4, 0.5) is 11.4 Å². The highest BCUT2D eigenvalue weighted by Crippen LogP contribution is 2.22. The quantitative estimate of drug-likeness (QED) is 0.356. The second kappa shape index (κ2) is 8.65. The third kappa shape index (κ3) is 4.04. The van der Waals surface area contributed by atoms with E-state index in [9.17, 15) is 9.59 Å². The Kier molecular flexibility index (Phi) is 5.77. The van der Waals surface area contributed by atoms with Crippen LogP contribution in [-0.4, -0.2) is 44.9 Å². The summed E-state index contributed by atoms with van der Waals surface area (Å²) in [7, 11) is 3.93. The van der Waals surface area contributed by atoms with Crippen LogP contribution >= 0.6 is 11.8 Å². The van der Waals surface area contributed by atoms with Crippen LogP contribution in [0.2, 0.25) is 0 Å². The predicted octanol–water partition coefficient (Wildman–Crippen LogP) is 3.03. The fourth-order valence-electron chi connectivity index (χ4n) is 3.29. The molecule has 0 radical (unpaired) electrons. The van der Waals surface area contributed by atoms with Gasteiger partial charge in [-0.05, 0) is 36.4 Å². The third-order valence-electron chi connectivity index (χ3n) is 4.79. The van der Waals surface area contributed by atoms with Gasteiger partial charge in [-0.2, -0.15) is 0 Å². The van der Waals surface area contributed by atoms with E-state index in [1.807, 2.05) is 65.9 Å². The molecule has 0 saturated heterocycles. The average molecular weight is 435 g/mol. The van der Waals surface area contributed by atoms with Gasteiger partial charge in [0, 0.05) is 32.0 Å². The maximum atomic E-state index is 12.8. The van der Waals surface area contributed by atoms with Gasteiger partial charge in [-0.25, -0.2) is 0 Å². The number of hydrogen-bond donors (Lipinski definition) is 1. The van der Waals surface area contributed by atoms with Gasteiger partial charge in [0.1, 0.15) is 0 Å². The van der Waals surface area contributed by atoms with E-state index in [1.165, 1.54) is 16.3 Å². The number of fused-ring (bicyclic) bond motifs is 3. The molecule has 9 heteroatoms. The zero-order valence-corrected chi connectivity index (χ0v) is 18.1. The van der Waals surface area contributed by atoms with Gasteiger partial charge in [-0.3, -0.25) is 18.6 Å². The summed E-state index contributed by atoms with van der Waals surface area (Å²) in [5.74, 6) is 0.430. The number of nitrogens with zero attached hydrogens (tertiary/aromatic N) is 5. The highest BCUT2D eigenvalue weighted by atomic mass is 32.2. The second-order valence-electron chi connectivity index (χ2n) is 7.12. The zero-order valence-electron chi connectivity index (χ0n) is 17.3. The first kappa shape index (κ1) is 20.7. The molecule has 4 aromatic rings. The highest BCUT2D eigenvalue weighted by molar-refractivity contribution is 7.99. The van der Waals surface area contributed by atoms with Crippen LogP contribution in [-0.2, 0) is 11.3 Å². The number of carbonyl (C=O) groups excluding carboxylic acids is 1. The molecule has 2 aromatic carbocycles. The SMILES string of the molecule is C=CCn1c(=O)c2ccccc2n2c(SCC(=O)Nc3ccc(N(C)C)cc3)nnc12. The Morgan fingerprint density at radius 3 is 2.61 bits per heavy atom. The van der Waals surface area contributed by atoms with Crippen molar-refractivity contribution in [3.63, 3.8) is 0 Å². The number of anilines is 2. The Hall–Kier alpha value is -3.59. The van der Waals surface area contributed by atoms with Crippen LogP contribution in [0.5, 0.6) is 0 Å². The van der Waals surface area contributed by atoms with E-state index in [0.29, 0.717) is 28.4 Å². The molecule has 0 aliphatic rings. The topological polar surface area (TPSA) is 84.5 Å². The van der Waals surface area contributed by atoms with Crippen LogP contribution in [0, 0.1) is 0 Å². The number of thioether (sulfide) groups is 1. The summed E-state index contributed by atoms with van der Waals surface area (Å²) < 4.78 is 3.34. The van der Waals surface area contributed by atoms with Crippen molar-refractivity contribution in [2.45, 2.75) is 11.7 Å². The van der Waals surface area contributed by atoms with Crippen molar-refractivity contribution in [3.05, 3.63) is 71.5 Å². The van der Waals surface area contributed by atoms with Gasteiger partial charge in [0.05, 0.1) is 16.7 Å². The number of benzene rings is 2. The van der Waals surface area contributed by atoms with Crippen molar-refractivity contribution in [2.24, 2.45) is 0 Å². The summed E-state index contributed by atoms with van der Waals surface area (Å²) in [6.45, 7) is 4.05. The Labute approximate surface area is 183 Å². The molecule has 1 N–H and O–H groups in total.